The van der Waals surface area contributed by atoms with Crippen molar-refractivity contribution >= 4 is 39.2 Å². The first-order valence-corrected chi connectivity index (χ1v) is 11.6. The van der Waals surface area contributed by atoms with Gasteiger partial charge in [-0.15, -0.1) is 11.3 Å². The van der Waals surface area contributed by atoms with E-state index in [9.17, 15) is 9.59 Å². The largest absolute Gasteiger partial charge is 0.339 e. The molecule has 0 N–H and O–H groups in total. The average Bonchev–Trinajstić information content (AvgIpc) is 3.22. The molecule has 0 aliphatic carbocycles. The van der Waals surface area contributed by atoms with Crippen molar-refractivity contribution in [1.29, 1.82) is 0 Å². The van der Waals surface area contributed by atoms with Gasteiger partial charge in [0.05, 0.1) is 16.8 Å². The predicted molar refractivity (Wildman–Crippen MR) is 119 cm³/mol. The van der Waals surface area contributed by atoms with Gasteiger partial charge in [-0.2, -0.15) is 0 Å². The summed E-state index contributed by atoms with van der Waals surface area (Å²) >= 11 is 2.80. The Bertz CT molecular complexity index is 1080. The highest BCUT2D eigenvalue weighted by Crippen LogP contribution is 2.25. The maximum Gasteiger partial charge on any atom is 0.267 e. The molecule has 0 radical (unpaired) electrons. The van der Waals surface area contributed by atoms with Crippen molar-refractivity contribution in [3.8, 4) is 5.69 Å². The smallest absolute Gasteiger partial charge is 0.267 e. The Labute approximate surface area is 178 Å². The van der Waals surface area contributed by atoms with Crippen LogP contribution in [0.1, 0.15) is 12.5 Å². The lowest BCUT2D eigenvalue weighted by Gasteiger charge is -2.34. The number of rotatable bonds is 5. The molecule has 4 rings (SSSR count). The van der Waals surface area contributed by atoms with E-state index in [0.717, 1.165) is 44.0 Å². The zero-order chi connectivity index (χ0) is 20.4. The number of hydrogen-bond acceptors (Lipinski definition) is 6. The van der Waals surface area contributed by atoms with Gasteiger partial charge in [-0.05, 0) is 36.5 Å². The molecule has 1 aliphatic rings. The number of likely N-dealkylation sites (N-methyl/N-ethyl adjacent to an activating group) is 1. The fraction of sp³-hybridized carbons (Fsp3) is 0.381. The maximum absolute atomic E-state index is 13.2. The summed E-state index contributed by atoms with van der Waals surface area (Å²) in [5.41, 5.74) is 1.72. The number of hydrogen-bond donors (Lipinski definition) is 0. The molecular formula is C21H24N4O2S2. The Kier molecular flexibility index (Phi) is 6.03. The summed E-state index contributed by atoms with van der Waals surface area (Å²) in [6.45, 7) is 8.49. The second-order valence-electron chi connectivity index (χ2n) is 7.06. The number of amides is 1. The number of carbonyl (C=O) groups is 1. The third kappa shape index (κ3) is 4.10. The fourth-order valence-corrected chi connectivity index (χ4v) is 5.26. The van der Waals surface area contributed by atoms with Gasteiger partial charge in [0, 0.05) is 26.2 Å². The van der Waals surface area contributed by atoms with E-state index in [1.54, 1.807) is 4.57 Å². The molecule has 1 fully saturated rings. The molecule has 29 heavy (non-hydrogen) atoms. The summed E-state index contributed by atoms with van der Waals surface area (Å²) in [5.74, 6) is 0.379. The number of piperazine rings is 1. The van der Waals surface area contributed by atoms with Crippen molar-refractivity contribution in [2.75, 3.05) is 38.5 Å². The van der Waals surface area contributed by atoms with Crippen LogP contribution in [0, 0.1) is 6.92 Å². The van der Waals surface area contributed by atoms with Gasteiger partial charge in [0.25, 0.3) is 5.56 Å². The molecule has 1 amide bonds. The normalized spacial score (nSPS) is 15.2. The van der Waals surface area contributed by atoms with Crippen molar-refractivity contribution < 1.29 is 4.79 Å². The van der Waals surface area contributed by atoms with E-state index in [1.165, 1.54) is 23.1 Å². The Morgan fingerprint density at radius 3 is 2.66 bits per heavy atom. The lowest BCUT2D eigenvalue weighted by atomic mass is 10.2. The first-order chi connectivity index (χ1) is 14.1. The van der Waals surface area contributed by atoms with Crippen molar-refractivity contribution in [3.05, 3.63) is 51.6 Å². The lowest BCUT2D eigenvalue weighted by molar-refractivity contribution is -0.130. The SMILES string of the molecule is CCN1CCN(C(=O)CSc2nc3sccc3c(=O)n2-c2ccccc2C)CC1. The van der Waals surface area contributed by atoms with Crippen LogP contribution in [-0.2, 0) is 4.79 Å². The van der Waals surface area contributed by atoms with E-state index in [4.69, 9.17) is 4.98 Å². The highest BCUT2D eigenvalue weighted by molar-refractivity contribution is 7.99. The van der Waals surface area contributed by atoms with Crippen LogP contribution >= 0.6 is 23.1 Å². The molecule has 6 nitrogen and oxygen atoms in total. The number of thioether (sulfide) groups is 1. The van der Waals surface area contributed by atoms with E-state index < -0.39 is 0 Å². The topological polar surface area (TPSA) is 58.4 Å². The van der Waals surface area contributed by atoms with Gasteiger partial charge >= 0.3 is 0 Å². The molecule has 0 atom stereocenters. The Hall–Kier alpha value is -2.16. The second-order valence-corrected chi connectivity index (χ2v) is 8.90. The molecule has 8 heteroatoms. The molecule has 2 aromatic heterocycles. The quantitative estimate of drug-likeness (QED) is 0.462. The zero-order valence-corrected chi connectivity index (χ0v) is 18.3. The van der Waals surface area contributed by atoms with Crippen LogP contribution in [0.5, 0.6) is 0 Å². The first-order valence-electron chi connectivity index (χ1n) is 9.77. The average molecular weight is 429 g/mol. The Morgan fingerprint density at radius 2 is 1.93 bits per heavy atom. The fourth-order valence-electron chi connectivity index (χ4n) is 3.55. The minimum absolute atomic E-state index is 0.0861. The van der Waals surface area contributed by atoms with Crippen LogP contribution in [0.2, 0.25) is 0 Å². The van der Waals surface area contributed by atoms with Gasteiger partial charge in [0.15, 0.2) is 5.16 Å². The number of thiophene rings is 1. The second kappa shape index (κ2) is 8.69. The highest BCUT2D eigenvalue weighted by atomic mass is 32.2. The van der Waals surface area contributed by atoms with Crippen LogP contribution in [0.15, 0.2) is 45.7 Å². The van der Waals surface area contributed by atoms with E-state index in [1.807, 2.05) is 47.5 Å². The molecule has 3 heterocycles. The van der Waals surface area contributed by atoms with Gasteiger partial charge in [-0.1, -0.05) is 36.9 Å². The Balaban J connectivity index is 1.62. The number of fused-ring (bicyclic) bond motifs is 1. The monoisotopic (exact) mass is 428 g/mol. The minimum Gasteiger partial charge on any atom is -0.339 e. The number of nitrogens with zero attached hydrogens (tertiary/aromatic N) is 4. The summed E-state index contributed by atoms with van der Waals surface area (Å²) in [6, 6.07) is 9.59. The van der Waals surface area contributed by atoms with E-state index in [-0.39, 0.29) is 17.2 Å². The molecule has 0 unspecified atom stereocenters. The van der Waals surface area contributed by atoms with Gasteiger partial charge < -0.3 is 9.80 Å². The van der Waals surface area contributed by atoms with Crippen molar-refractivity contribution in [2.24, 2.45) is 0 Å². The number of benzene rings is 1. The van der Waals surface area contributed by atoms with Crippen LogP contribution in [0.3, 0.4) is 0 Å². The number of aryl methyl sites for hydroxylation is 1. The van der Waals surface area contributed by atoms with Gasteiger partial charge in [-0.25, -0.2) is 4.98 Å². The number of carbonyl (C=O) groups excluding carboxylic acids is 1. The summed E-state index contributed by atoms with van der Waals surface area (Å²) in [5, 5.41) is 3.07. The molecule has 0 spiro atoms. The standard InChI is InChI=1S/C21H24N4O2S2/c1-3-23-9-11-24(12-10-23)18(26)14-29-21-22-19-16(8-13-28-19)20(27)25(21)17-7-5-4-6-15(17)2/h4-8,13H,3,9-12,14H2,1-2H3. The molecule has 1 aliphatic heterocycles. The molecule has 1 aromatic carbocycles. The summed E-state index contributed by atoms with van der Waals surface area (Å²) in [4.78, 5) is 35.6. The van der Waals surface area contributed by atoms with Crippen LogP contribution < -0.4 is 5.56 Å². The third-order valence-corrected chi connectivity index (χ3v) is 7.05. The lowest BCUT2D eigenvalue weighted by Crippen LogP contribution is -2.49. The summed E-state index contributed by atoms with van der Waals surface area (Å²) in [7, 11) is 0. The number of para-hydroxylation sites is 1. The Morgan fingerprint density at radius 1 is 1.17 bits per heavy atom. The highest BCUT2D eigenvalue weighted by Gasteiger charge is 2.22. The molecular weight excluding hydrogens is 404 g/mol. The van der Waals surface area contributed by atoms with Crippen LogP contribution in [-0.4, -0.2) is 63.7 Å². The van der Waals surface area contributed by atoms with E-state index >= 15 is 0 Å². The molecule has 1 saturated heterocycles. The molecule has 3 aromatic rings. The minimum atomic E-state index is -0.0861. The van der Waals surface area contributed by atoms with Crippen molar-refractivity contribution in [3.63, 3.8) is 0 Å². The first kappa shape index (κ1) is 20.1. The summed E-state index contributed by atoms with van der Waals surface area (Å²) in [6.07, 6.45) is 0. The van der Waals surface area contributed by atoms with Gasteiger partial charge in [-0.3, -0.25) is 14.2 Å². The van der Waals surface area contributed by atoms with E-state index in [0.29, 0.717) is 15.4 Å². The molecule has 0 saturated carbocycles. The number of aromatic nitrogens is 2. The van der Waals surface area contributed by atoms with Crippen molar-refractivity contribution in [1.82, 2.24) is 19.4 Å². The summed E-state index contributed by atoms with van der Waals surface area (Å²) < 4.78 is 1.65. The third-order valence-electron chi connectivity index (χ3n) is 5.32. The molecule has 0 bridgehead atoms. The van der Waals surface area contributed by atoms with Gasteiger partial charge in [0.1, 0.15) is 4.83 Å². The zero-order valence-electron chi connectivity index (χ0n) is 16.6. The maximum atomic E-state index is 13.2. The van der Waals surface area contributed by atoms with Crippen molar-refractivity contribution in [2.45, 2.75) is 19.0 Å². The van der Waals surface area contributed by atoms with Crippen LogP contribution in [0.4, 0.5) is 0 Å². The van der Waals surface area contributed by atoms with Gasteiger partial charge in [0.2, 0.25) is 5.91 Å². The van der Waals surface area contributed by atoms with Crippen LogP contribution in [0.25, 0.3) is 15.9 Å². The van der Waals surface area contributed by atoms with E-state index in [2.05, 4.69) is 11.8 Å². The molecule has 152 valence electrons. The predicted octanol–water partition coefficient (Wildman–Crippen LogP) is 3.01.